The van der Waals surface area contributed by atoms with E-state index in [-0.39, 0.29) is 18.1 Å². The van der Waals surface area contributed by atoms with Gasteiger partial charge in [0.05, 0.1) is 5.69 Å². The van der Waals surface area contributed by atoms with E-state index in [1.54, 1.807) is 11.9 Å². The van der Waals surface area contributed by atoms with E-state index in [1.807, 2.05) is 56.8 Å². The van der Waals surface area contributed by atoms with Crippen LogP contribution in [0.4, 0.5) is 4.79 Å². The summed E-state index contributed by atoms with van der Waals surface area (Å²) >= 11 is 0. The molecule has 1 saturated heterocycles. The van der Waals surface area contributed by atoms with E-state index in [1.165, 1.54) is 6.08 Å². The fraction of sp³-hybridized carbons (Fsp3) is 0.536. The number of likely N-dealkylation sites (N-methyl/N-ethyl adjacent to an activating group) is 2. The van der Waals surface area contributed by atoms with Crippen LogP contribution in [0.2, 0.25) is 0 Å². The highest BCUT2D eigenvalue weighted by Gasteiger charge is 2.22. The van der Waals surface area contributed by atoms with Crippen LogP contribution in [0.25, 0.3) is 11.3 Å². The van der Waals surface area contributed by atoms with Gasteiger partial charge in [0.25, 0.3) is 0 Å². The molecule has 0 spiro atoms. The number of ether oxygens (including phenoxy) is 2. The Bertz CT molecular complexity index is 1030. The van der Waals surface area contributed by atoms with Gasteiger partial charge in [-0.2, -0.15) is 5.10 Å². The number of ketones is 1. The first kappa shape index (κ1) is 27.6. The van der Waals surface area contributed by atoms with Gasteiger partial charge in [-0.05, 0) is 58.7 Å². The van der Waals surface area contributed by atoms with Crippen molar-refractivity contribution in [1.29, 1.82) is 0 Å². The molecule has 1 aromatic carbocycles. The van der Waals surface area contributed by atoms with Gasteiger partial charge < -0.3 is 19.3 Å². The molecule has 196 valence electrons. The Labute approximate surface area is 214 Å². The number of hydrogen-bond acceptors (Lipinski definition) is 6. The molecule has 8 nitrogen and oxygen atoms in total. The molecule has 8 heteroatoms. The quantitative estimate of drug-likeness (QED) is 0.438. The van der Waals surface area contributed by atoms with Crippen molar-refractivity contribution in [2.45, 2.75) is 64.8 Å². The van der Waals surface area contributed by atoms with Gasteiger partial charge in [0.1, 0.15) is 11.8 Å². The molecule has 0 aliphatic carbocycles. The van der Waals surface area contributed by atoms with Crippen molar-refractivity contribution in [1.82, 2.24) is 19.6 Å². The maximum Gasteiger partial charge on any atom is 0.410 e. The van der Waals surface area contributed by atoms with Gasteiger partial charge in [-0.3, -0.25) is 4.79 Å². The van der Waals surface area contributed by atoms with Crippen molar-refractivity contribution in [3.63, 3.8) is 0 Å². The molecule has 1 unspecified atom stereocenters. The molecular weight excluding hydrogens is 456 g/mol. The van der Waals surface area contributed by atoms with Gasteiger partial charge in [-0.1, -0.05) is 30.8 Å². The second kappa shape index (κ2) is 12.3. The molecule has 0 bridgehead atoms. The zero-order chi connectivity index (χ0) is 26.3. The Kier molecular flexibility index (Phi) is 9.45. The summed E-state index contributed by atoms with van der Waals surface area (Å²) in [4.78, 5) is 27.8. The van der Waals surface area contributed by atoms with Crippen LogP contribution < -0.4 is 0 Å². The molecule has 3 rings (SSSR count). The fourth-order valence-electron chi connectivity index (χ4n) is 4.04. The molecule has 1 aliphatic heterocycles. The van der Waals surface area contributed by atoms with Crippen LogP contribution in [0, 0.1) is 0 Å². The summed E-state index contributed by atoms with van der Waals surface area (Å²) in [5, 5.41) is 4.93. The zero-order valence-electron chi connectivity index (χ0n) is 22.3. The summed E-state index contributed by atoms with van der Waals surface area (Å²) in [6, 6.07) is 7.96. The van der Waals surface area contributed by atoms with Crippen molar-refractivity contribution in [2.24, 2.45) is 0 Å². The Morgan fingerprint density at radius 3 is 2.53 bits per heavy atom. The predicted octanol–water partition coefficient (Wildman–Crippen LogP) is 4.85. The summed E-state index contributed by atoms with van der Waals surface area (Å²) in [5.74, 6) is 0.000128. The molecule has 1 atom stereocenters. The van der Waals surface area contributed by atoms with Crippen molar-refractivity contribution in [3.05, 3.63) is 54.2 Å². The Morgan fingerprint density at radius 1 is 1.19 bits per heavy atom. The van der Waals surface area contributed by atoms with Crippen LogP contribution in [-0.4, -0.2) is 70.8 Å². The van der Waals surface area contributed by atoms with Crippen molar-refractivity contribution >= 4 is 11.9 Å². The lowest BCUT2D eigenvalue weighted by atomic mass is 10.0. The number of amides is 1. The average molecular weight is 497 g/mol. The Hall–Kier alpha value is -2.97. The Balaban J connectivity index is 1.74. The van der Waals surface area contributed by atoms with Crippen LogP contribution in [-0.2, 0) is 27.2 Å². The third-order valence-electron chi connectivity index (χ3n) is 6.05. The van der Waals surface area contributed by atoms with Gasteiger partial charge in [0.15, 0.2) is 5.78 Å². The van der Waals surface area contributed by atoms with E-state index in [4.69, 9.17) is 14.6 Å². The third-order valence-corrected chi connectivity index (χ3v) is 6.05. The van der Waals surface area contributed by atoms with E-state index in [0.29, 0.717) is 26.1 Å². The highest BCUT2D eigenvalue weighted by Crippen LogP contribution is 2.28. The molecule has 2 heterocycles. The normalized spacial score (nSPS) is 16.1. The van der Waals surface area contributed by atoms with E-state index < -0.39 is 5.60 Å². The smallest absolute Gasteiger partial charge is 0.410 e. The highest BCUT2D eigenvalue weighted by atomic mass is 16.6. The largest absolute Gasteiger partial charge is 0.444 e. The van der Waals surface area contributed by atoms with Crippen molar-refractivity contribution in [2.75, 3.05) is 33.8 Å². The molecule has 1 aliphatic rings. The number of aromatic nitrogens is 2. The van der Waals surface area contributed by atoms with Gasteiger partial charge in [-0.15, -0.1) is 0 Å². The van der Waals surface area contributed by atoms with E-state index >= 15 is 0 Å². The van der Waals surface area contributed by atoms with Crippen LogP contribution in [0.3, 0.4) is 0 Å². The Morgan fingerprint density at radius 2 is 1.92 bits per heavy atom. The minimum atomic E-state index is -0.517. The molecule has 1 amide bonds. The summed E-state index contributed by atoms with van der Waals surface area (Å²) in [6.07, 6.45) is 6.54. The topological polar surface area (TPSA) is 76.9 Å². The lowest BCUT2D eigenvalue weighted by molar-refractivity contribution is -0.114. The first-order valence-corrected chi connectivity index (χ1v) is 12.6. The summed E-state index contributed by atoms with van der Waals surface area (Å²) in [5.41, 5.74) is 3.41. The molecule has 0 radical (unpaired) electrons. The standard InChI is InChI=1S/C28H40N4O4/c1-7-24(33)18-21-11-13-22(14-12-21)26-23(20-32(29-26)25-10-8-9-17-35-25)19-30(5)15-16-31(6)27(34)36-28(2,3)4/h7,11-14,20,25H,1,8-10,15-19H2,2-6H3. The molecule has 1 aromatic heterocycles. The maximum absolute atomic E-state index is 12.3. The number of rotatable bonds is 10. The number of allylic oxidation sites excluding steroid dienone is 1. The van der Waals surface area contributed by atoms with E-state index in [0.717, 1.165) is 48.3 Å². The van der Waals surface area contributed by atoms with Crippen LogP contribution in [0.15, 0.2) is 43.1 Å². The van der Waals surface area contributed by atoms with Gasteiger partial charge >= 0.3 is 6.09 Å². The number of benzene rings is 1. The summed E-state index contributed by atoms with van der Waals surface area (Å²) in [6.45, 7) is 11.8. The number of nitrogens with zero attached hydrogens (tertiary/aromatic N) is 4. The maximum atomic E-state index is 12.3. The second-order valence-corrected chi connectivity index (χ2v) is 10.5. The molecule has 0 saturated carbocycles. The van der Waals surface area contributed by atoms with Gasteiger partial charge in [0, 0.05) is 57.0 Å². The lowest BCUT2D eigenvalue weighted by Crippen LogP contribution is -2.38. The van der Waals surface area contributed by atoms with Gasteiger partial charge in [-0.25, -0.2) is 9.48 Å². The molecule has 1 fully saturated rings. The fourth-order valence-corrected chi connectivity index (χ4v) is 4.04. The van der Waals surface area contributed by atoms with E-state index in [2.05, 4.69) is 17.7 Å². The second-order valence-electron chi connectivity index (χ2n) is 10.5. The minimum absolute atomic E-state index is 0.000128. The third kappa shape index (κ3) is 8.03. The number of carbonyl (C=O) groups is 2. The van der Waals surface area contributed by atoms with Crippen LogP contribution in [0.5, 0.6) is 0 Å². The van der Waals surface area contributed by atoms with E-state index in [9.17, 15) is 9.59 Å². The van der Waals surface area contributed by atoms with Crippen LogP contribution in [0.1, 0.15) is 57.4 Å². The van der Waals surface area contributed by atoms with Crippen molar-refractivity contribution < 1.29 is 19.1 Å². The molecule has 36 heavy (non-hydrogen) atoms. The molecule has 0 N–H and O–H groups in total. The number of hydrogen-bond donors (Lipinski definition) is 0. The van der Waals surface area contributed by atoms with Gasteiger partial charge in [0.2, 0.25) is 0 Å². The van der Waals surface area contributed by atoms with Crippen molar-refractivity contribution in [3.8, 4) is 11.3 Å². The number of carbonyl (C=O) groups excluding carboxylic acids is 2. The molecule has 2 aromatic rings. The summed E-state index contributed by atoms with van der Waals surface area (Å²) in [7, 11) is 3.79. The minimum Gasteiger partial charge on any atom is -0.444 e. The highest BCUT2D eigenvalue weighted by molar-refractivity contribution is 5.90. The zero-order valence-corrected chi connectivity index (χ0v) is 22.3. The predicted molar refractivity (Wildman–Crippen MR) is 141 cm³/mol. The van der Waals surface area contributed by atoms with Crippen LogP contribution >= 0.6 is 0 Å². The summed E-state index contributed by atoms with van der Waals surface area (Å²) < 4.78 is 13.4. The SMILES string of the molecule is C=CC(=O)Cc1ccc(-c2nn(C3CCCCO3)cc2CN(C)CCN(C)C(=O)OC(C)(C)C)cc1. The first-order valence-electron chi connectivity index (χ1n) is 12.6. The first-order chi connectivity index (χ1) is 17.1. The molecular formula is C28H40N4O4. The average Bonchev–Trinajstić information content (AvgIpc) is 3.26. The monoisotopic (exact) mass is 496 g/mol. The lowest BCUT2D eigenvalue weighted by Gasteiger charge is -2.26.